The van der Waals surface area contributed by atoms with Crippen molar-refractivity contribution in [1.82, 2.24) is 0 Å². The Bertz CT molecular complexity index is 864. The van der Waals surface area contributed by atoms with Gasteiger partial charge in [0, 0.05) is 10.6 Å². The van der Waals surface area contributed by atoms with Crippen molar-refractivity contribution >= 4 is 23.4 Å². The summed E-state index contributed by atoms with van der Waals surface area (Å²) in [5.41, 5.74) is 3.10. The van der Waals surface area contributed by atoms with Crippen LogP contribution in [-0.2, 0) is 4.79 Å². The molecule has 0 heterocycles. The van der Waals surface area contributed by atoms with E-state index in [2.05, 4.69) is 25.2 Å². The number of anilines is 1. The van der Waals surface area contributed by atoms with E-state index in [1.807, 2.05) is 78.9 Å². The Kier molecular flexibility index (Phi) is 6.72. The van der Waals surface area contributed by atoms with Gasteiger partial charge in [0.1, 0.15) is 5.25 Å². The summed E-state index contributed by atoms with van der Waals surface area (Å²) in [7, 11) is 0. The molecule has 0 aromatic heterocycles. The van der Waals surface area contributed by atoms with Gasteiger partial charge in [-0.05, 0) is 41.7 Å². The fraction of sp³-hybridized carbons (Fsp3) is 0.208. The number of carbonyl (C=O) groups excluding carboxylic acids is 1. The summed E-state index contributed by atoms with van der Waals surface area (Å²) in [6.07, 6.45) is 1.04. The minimum Gasteiger partial charge on any atom is -0.325 e. The Morgan fingerprint density at radius 1 is 0.889 bits per heavy atom. The number of thioether (sulfide) groups is 1. The average Bonchev–Trinajstić information content (AvgIpc) is 2.73. The van der Waals surface area contributed by atoms with Crippen molar-refractivity contribution in [2.24, 2.45) is 0 Å². The molecule has 0 spiro atoms. The predicted octanol–water partition coefficient (Wildman–Crippen LogP) is 6.67. The molecule has 3 aromatic carbocycles. The molecule has 0 aliphatic rings. The maximum atomic E-state index is 13.2. The first-order chi connectivity index (χ1) is 13.2. The van der Waals surface area contributed by atoms with Crippen LogP contribution in [0.25, 0.3) is 0 Å². The van der Waals surface area contributed by atoms with E-state index in [1.54, 1.807) is 11.8 Å². The van der Waals surface area contributed by atoms with E-state index in [9.17, 15) is 4.79 Å². The Labute approximate surface area is 166 Å². The fourth-order valence-electron chi connectivity index (χ4n) is 2.99. The fourth-order valence-corrected chi connectivity index (χ4v) is 4.04. The quantitative estimate of drug-likeness (QED) is 0.467. The third kappa shape index (κ3) is 5.01. The van der Waals surface area contributed by atoms with Gasteiger partial charge in [-0.15, -0.1) is 11.8 Å². The molecule has 3 rings (SSSR count). The highest BCUT2D eigenvalue weighted by atomic mass is 32.2. The monoisotopic (exact) mass is 375 g/mol. The molecule has 1 amide bonds. The van der Waals surface area contributed by atoms with E-state index in [0.717, 1.165) is 22.6 Å². The average molecular weight is 376 g/mol. The molecule has 1 N–H and O–H groups in total. The van der Waals surface area contributed by atoms with Crippen molar-refractivity contribution in [2.45, 2.75) is 36.3 Å². The topological polar surface area (TPSA) is 29.1 Å². The van der Waals surface area contributed by atoms with Crippen molar-refractivity contribution in [3.8, 4) is 0 Å². The van der Waals surface area contributed by atoms with Gasteiger partial charge in [-0.3, -0.25) is 4.79 Å². The zero-order valence-corrected chi connectivity index (χ0v) is 16.6. The van der Waals surface area contributed by atoms with Crippen LogP contribution >= 0.6 is 11.8 Å². The number of benzene rings is 3. The Hall–Kier alpha value is -2.52. The number of amides is 1. The maximum absolute atomic E-state index is 13.2. The van der Waals surface area contributed by atoms with E-state index in [0.29, 0.717) is 5.92 Å². The molecule has 0 aliphatic heterocycles. The first-order valence-corrected chi connectivity index (χ1v) is 10.2. The van der Waals surface area contributed by atoms with Crippen LogP contribution in [0.1, 0.15) is 42.6 Å². The summed E-state index contributed by atoms with van der Waals surface area (Å²) < 4.78 is 0. The van der Waals surface area contributed by atoms with Crippen molar-refractivity contribution in [2.75, 3.05) is 5.32 Å². The third-order valence-electron chi connectivity index (χ3n) is 4.70. The zero-order chi connectivity index (χ0) is 19.1. The summed E-state index contributed by atoms with van der Waals surface area (Å²) >= 11 is 1.58. The first kappa shape index (κ1) is 19.2. The minimum absolute atomic E-state index is 0.00538. The highest BCUT2D eigenvalue weighted by molar-refractivity contribution is 8.00. The molecule has 138 valence electrons. The van der Waals surface area contributed by atoms with Crippen LogP contribution in [0.5, 0.6) is 0 Å². The molecule has 2 atom stereocenters. The molecule has 0 saturated heterocycles. The number of hydrogen-bond acceptors (Lipinski definition) is 2. The molecule has 27 heavy (non-hydrogen) atoms. The van der Waals surface area contributed by atoms with Gasteiger partial charge >= 0.3 is 0 Å². The van der Waals surface area contributed by atoms with Gasteiger partial charge in [0.15, 0.2) is 0 Å². The zero-order valence-electron chi connectivity index (χ0n) is 15.8. The van der Waals surface area contributed by atoms with Gasteiger partial charge in [-0.2, -0.15) is 0 Å². The SMILES string of the molecule is CC[C@@H](C)c1ccccc1NC(=O)[C@@H](Sc1ccccc1)c1ccccc1. The lowest BCUT2D eigenvalue weighted by Crippen LogP contribution is -2.20. The molecule has 0 saturated carbocycles. The minimum atomic E-state index is -0.307. The van der Waals surface area contributed by atoms with Crippen LogP contribution in [-0.4, -0.2) is 5.91 Å². The van der Waals surface area contributed by atoms with Gasteiger partial charge in [-0.1, -0.05) is 80.6 Å². The highest BCUT2D eigenvalue weighted by Crippen LogP contribution is 2.37. The van der Waals surface area contributed by atoms with Crippen LogP contribution < -0.4 is 5.32 Å². The lowest BCUT2D eigenvalue weighted by atomic mass is 9.97. The molecular weight excluding hydrogens is 350 g/mol. The molecule has 3 aromatic rings. The molecular formula is C24H25NOS. The second kappa shape index (κ2) is 9.43. The molecule has 0 radical (unpaired) electrons. The molecule has 2 nitrogen and oxygen atoms in total. The molecule has 0 fully saturated rings. The van der Waals surface area contributed by atoms with Gasteiger partial charge in [-0.25, -0.2) is 0 Å². The normalized spacial score (nSPS) is 13.0. The van der Waals surface area contributed by atoms with Crippen molar-refractivity contribution < 1.29 is 4.79 Å². The van der Waals surface area contributed by atoms with Gasteiger partial charge in [0.2, 0.25) is 5.91 Å². The van der Waals surface area contributed by atoms with Gasteiger partial charge in [0.05, 0.1) is 0 Å². The molecule has 3 heteroatoms. The smallest absolute Gasteiger partial charge is 0.242 e. The van der Waals surface area contributed by atoms with E-state index in [1.165, 1.54) is 5.56 Å². The number of rotatable bonds is 7. The predicted molar refractivity (Wildman–Crippen MR) is 115 cm³/mol. The van der Waals surface area contributed by atoms with Crippen LogP contribution in [0.15, 0.2) is 89.8 Å². The third-order valence-corrected chi connectivity index (χ3v) is 5.97. The second-order valence-corrected chi connectivity index (χ2v) is 7.79. The summed E-state index contributed by atoms with van der Waals surface area (Å²) in [5.74, 6) is 0.407. The van der Waals surface area contributed by atoms with E-state index >= 15 is 0 Å². The van der Waals surface area contributed by atoms with Gasteiger partial charge < -0.3 is 5.32 Å². The Morgan fingerprint density at radius 2 is 1.48 bits per heavy atom. The van der Waals surface area contributed by atoms with Crippen LogP contribution in [0.3, 0.4) is 0 Å². The van der Waals surface area contributed by atoms with Crippen LogP contribution in [0, 0.1) is 0 Å². The van der Waals surface area contributed by atoms with Crippen LogP contribution in [0.4, 0.5) is 5.69 Å². The van der Waals surface area contributed by atoms with Crippen molar-refractivity contribution in [3.05, 3.63) is 96.1 Å². The largest absolute Gasteiger partial charge is 0.325 e. The maximum Gasteiger partial charge on any atom is 0.242 e. The van der Waals surface area contributed by atoms with E-state index in [-0.39, 0.29) is 11.2 Å². The van der Waals surface area contributed by atoms with Gasteiger partial charge in [0.25, 0.3) is 0 Å². The highest BCUT2D eigenvalue weighted by Gasteiger charge is 2.23. The summed E-state index contributed by atoms with van der Waals surface area (Å²) in [5, 5.41) is 2.88. The lowest BCUT2D eigenvalue weighted by molar-refractivity contribution is -0.115. The number of carbonyl (C=O) groups is 1. The van der Waals surface area contributed by atoms with Crippen LogP contribution in [0.2, 0.25) is 0 Å². The van der Waals surface area contributed by atoms with Crippen molar-refractivity contribution in [3.63, 3.8) is 0 Å². The Balaban J connectivity index is 1.88. The molecule has 0 unspecified atom stereocenters. The number of para-hydroxylation sites is 1. The molecule has 0 bridgehead atoms. The van der Waals surface area contributed by atoms with E-state index in [4.69, 9.17) is 0 Å². The summed E-state index contributed by atoms with van der Waals surface area (Å²) in [6.45, 7) is 4.36. The van der Waals surface area contributed by atoms with E-state index < -0.39 is 0 Å². The number of hydrogen-bond donors (Lipinski definition) is 1. The standard InChI is InChI=1S/C24H25NOS/c1-3-18(2)21-16-10-11-17-22(21)25-24(26)23(19-12-6-4-7-13-19)27-20-14-8-5-9-15-20/h4-18,23H,3H2,1-2H3,(H,25,26)/t18-,23+/m1/s1. The number of nitrogens with one attached hydrogen (secondary N) is 1. The molecule has 0 aliphatic carbocycles. The Morgan fingerprint density at radius 3 is 2.15 bits per heavy atom. The first-order valence-electron chi connectivity index (χ1n) is 9.35. The second-order valence-electron chi connectivity index (χ2n) is 6.61. The lowest BCUT2D eigenvalue weighted by Gasteiger charge is -2.20. The van der Waals surface area contributed by atoms with Crippen molar-refractivity contribution in [1.29, 1.82) is 0 Å². The summed E-state index contributed by atoms with van der Waals surface area (Å²) in [4.78, 5) is 14.3. The summed E-state index contributed by atoms with van der Waals surface area (Å²) in [6, 6.07) is 28.1.